The van der Waals surface area contributed by atoms with Gasteiger partial charge in [-0.15, -0.1) is 0 Å². The Morgan fingerprint density at radius 1 is 1.00 bits per heavy atom. The van der Waals surface area contributed by atoms with Crippen LogP contribution in [0.2, 0.25) is 0 Å². The van der Waals surface area contributed by atoms with Gasteiger partial charge in [-0.05, 0) is 24.3 Å². The van der Waals surface area contributed by atoms with Crippen LogP contribution in [0.25, 0.3) is 16.9 Å². The van der Waals surface area contributed by atoms with Gasteiger partial charge in [0.1, 0.15) is 18.0 Å². The van der Waals surface area contributed by atoms with Gasteiger partial charge in [0, 0.05) is 12.3 Å². The molecule has 0 amide bonds. The van der Waals surface area contributed by atoms with Crippen LogP contribution in [0.3, 0.4) is 0 Å². The Morgan fingerprint density at radius 2 is 1.76 bits per heavy atom. The molecule has 3 aromatic rings. The molecule has 2 heterocycles. The molecule has 0 bridgehead atoms. The van der Waals surface area contributed by atoms with Crippen molar-refractivity contribution in [2.24, 2.45) is 0 Å². The third-order valence-corrected chi connectivity index (χ3v) is 2.45. The number of rotatable bonds is 1. The van der Waals surface area contributed by atoms with Crippen LogP contribution in [-0.4, -0.2) is 14.5 Å². The van der Waals surface area contributed by atoms with E-state index in [4.69, 9.17) is 0 Å². The van der Waals surface area contributed by atoms with Gasteiger partial charge in [-0.1, -0.05) is 0 Å². The first-order valence-electron chi connectivity index (χ1n) is 4.98. The quantitative estimate of drug-likeness (QED) is 0.644. The van der Waals surface area contributed by atoms with E-state index in [1.165, 1.54) is 18.5 Å². The van der Waals surface area contributed by atoms with E-state index in [-0.39, 0.29) is 0 Å². The van der Waals surface area contributed by atoms with Gasteiger partial charge in [0.15, 0.2) is 5.65 Å². The van der Waals surface area contributed by atoms with Crippen molar-refractivity contribution in [3.05, 3.63) is 54.5 Å². The summed E-state index contributed by atoms with van der Waals surface area (Å²) in [6.07, 6.45) is 3.11. The number of benzene rings is 1. The zero-order chi connectivity index (χ0) is 11.8. The molecule has 0 N–H and O–H groups in total. The lowest BCUT2D eigenvalue weighted by Crippen LogP contribution is -1.94. The standard InChI is InChI=1S/C12H7F2N3/c13-8-4-9(14)6-10(5-8)17-7-16-12-11(17)2-1-3-15-12/h1-7H. The van der Waals surface area contributed by atoms with E-state index in [0.717, 1.165) is 6.07 Å². The summed E-state index contributed by atoms with van der Waals surface area (Å²) in [6, 6.07) is 6.86. The average Bonchev–Trinajstić information content (AvgIpc) is 2.71. The molecule has 0 atom stereocenters. The lowest BCUT2D eigenvalue weighted by atomic mass is 10.3. The first-order valence-corrected chi connectivity index (χ1v) is 4.98. The maximum Gasteiger partial charge on any atom is 0.177 e. The van der Waals surface area contributed by atoms with Gasteiger partial charge < -0.3 is 0 Å². The summed E-state index contributed by atoms with van der Waals surface area (Å²) >= 11 is 0. The Morgan fingerprint density at radius 3 is 2.53 bits per heavy atom. The van der Waals surface area contributed by atoms with Crippen LogP contribution in [0.5, 0.6) is 0 Å². The van der Waals surface area contributed by atoms with Gasteiger partial charge in [-0.25, -0.2) is 18.7 Å². The topological polar surface area (TPSA) is 30.7 Å². The number of hydrogen-bond donors (Lipinski definition) is 0. The Labute approximate surface area is 95.4 Å². The van der Waals surface area contributed by atoms with Gasteiger partial charge in [-0.3, -0.25) is 4.57 Å². The zero-order valence-electron chi connectivity index (χ0n) is 8.64. The molecule has 5 heteroatoms. The number of pyridine rings is 1. The summed E-state index contributed by atoms with van der Waals surface area (Å²) < 4.78 is 27.9. The normalized spacial score (nSPS) is 10.9. The lowest BCUT2D eigenvalue weighted by Gasteiger charge is -2.04. The molecular formula is C12H7F2N3. The highest BCUT2D eigenvalue weighted by atomic mass is 19.1. The molecule has 3 rings (SSSR count). The van der Waals surface area contributed by atoms with Gasteiger partial charge in [0.2, 0.25) is 0 Å². The maximum atomic E-state index is 13.1. The molecule has 0 aliphatic carbocycles. The molecule has 0 saturated heterocycles. The van der Waals surface area contributed by atoms with Crippen LogP contribution in [0.15, 0.2) is 42.9 Å². The molecule has 0 fully saturated rings. The van der Waals surface area contributed by atoms with Crippen molar-refractivity contribution in [1.82, 2.24) is 14.5 Å². The highest BCUT2D eigenvalue weighted by Crippen LogP contribution is 2.18. The molecule has 0 radical (unpaired) electrons. The largest absolute Gasteiger partial charge is 0.297 e. The van der Waals surface area contributed by atoms with Crippen molar-refractivity contribution < 1.29 is 8.78 Å². The smallest absolute Gasteiger partial charge is 0.177 e. The van der Waals surface area contributed by atoms with Gasteiger partial charge >= 0.3 is 0 Å². The Bertz CT molecular complexity index is 671. The Hall–Kier alpha value is -2.30. The first-order chi connectivity index (χ1) is 8.24. The number of aromatic nitrogens is 3. The lowest BCUT2D eigenvalue weighted by molar-refractivity contribution is 0.582. The number of fused-ring (bicyclic) bond motifs is 1. The molecule has 0 aliphatic heterocycles. The van der Waals surface area contributed by atoms with Crippen molar-refractivity contribution in [3.63, 3.8) is 0 Å². The van der Waals surface area contributed by atoms with Crippen LogP contribution >= 0.6 is 0 Å². The number of hydrogen-bond acceptors (Lipinski definition) is 2. The fourth-order valence-corrected chi connectivity index (χ4v) is 1.73. The molecular weight excluding hydrogens is 224 g/mol. The maximum absolute atomic E-state index is 13.1. The van der Waals surface area contributed by atoms with Gasteiger partial charge in [0.05, 0.1) is 11.2 Å². The van der Waals surface area contributed by atoms with Crippen LogP contribution < -0.4 is 0 Å². The zero-order valence-corrected chi connectivity index (χ0v) is 8.64. The van der Waals surface area contributed by atoms with Crippen LogP contribution in [0.4, 0.5) is 8.78 Å². The second kappa shape index (κ2) is 3.62. The number of halogens is 2. The number of imidazole rings is 1. The summed E-state index contributed by atoms with van der Waals surface area (Å²) in [4.78, 5) is 8.11. The fourth-order valence-electron chi connectivity index (χ4n) is 1.73. The van der Waals surface area contributed by atoms with Crippen LogP contribution in [0.1, 0.15) is 0 Å². The van der Waals surface area contributed by atoms with E-state index in [2.05, 4.69) is 9.97 Å². The molecule has 0 spiro atoms. The summed E-state index contributed by atoms with van der Waals surface area (Å²) in [5, 5.41) is 0. The molecule has 0 unspecified atom stereocenters. The average molecular weight is 231 g/mol. The van der Waals surface area contributed by atoms with Crippen molar-refractivity contribution in [2.75, 3.05) is 0 Å². The fraction of sp³-hybridized carbons (Fsp3) is 0. The third-order valence-electron chi connectivity index (χ3n) is 2.45. The van der Waals surface area contributed by atoms with E-state index >= 15 is 0 Å². The van der Waals surface area contributed by atoms with Gasteiger partial charge in [0.25, 0.3) is 0 Å². The minimum Gasteiger partial charge on any atom is -0.297 e. The van der Waals surface area contributed by atoms with E-state index in [1.54, 1.807) is 22.9 Å². The molecule has 1 aromatic carbocycles. The van der Waals surface area contributed by atoms with Crippen molar-refractivity contribution in [2.45, 2.75) is 0 Å². The third kappa shape index (κ3) is 1.65. The summed E-state index contributed by atoms with van der Waals surface area (Å²) in [5.74, 6) is -1.24. The summed E-state index contributed by atoms with van der Waals surface area (Å²) in [6.45, 7) is 0. The highest BCUT2D eigenvalue weighted by molar-refractivity contribution is 5.72. The van der Waals surface area contributed by atoms with Gasteiger partial charge in [-0.2, -0.15) is 0 Å². The number of nitrogens with zero attached hydrogens (tertiary/aromatic N) is 3. The molecule has 3 nitrogen and oxygen atoms in total. The summed E-state index contributed by atoms with van der Waals surface area (Å²) in [7, 11) is 0. The van der Waals surface area contributed by atoms with Crippen LogP contribution in [-0.2, 0) is 0 Å². The van der Waals surface area contributed by atoms with Crippen LogP contribution in [0, 0.1) is 11.6 Å². The summed E-state index contributed by atoms with van der Waals surface area (Å²) in [5.41, 5.74) is 1.63. The van der Waals surface area contributed by atoms with E-state index in [0.29, 0.717) is 16.9 Å². The van der Waals surface area contributed by atoms with Crippen molar-refractivity contribution >= 4 is 11.2 Å². The molecule has 84 valence electrons. The predicted octanol–water partition coefficient (Wildman–Crippen LogP) is 2.70. The van der Waals surface area contributed by atoms with E-state index in [1.807, 2.05) is 0 Å². The second-order valence-corrected chi connectivity index (χ2v) is 3.59. The monoisotopic (exact) mass is 231 g/mol. The first kappa shape index (κ1) is 9.89. The van der Waals surface area contributed by atoms with Crippen molar-refractivity contribution in [3.8, 4) is 5.69 Å². The minimum atomic E-state index is -0.620. The SMILES string of the molecule is Fc1cc(F)cc(-n2cnc3ncccc32)c1. The van der Waals surface area contributed by atoms with Crippen molar-refractivity contribution in [1.29, 1.82) is 0 Å². The Kier molecular flexibility index (Phi) is 2.11. The minimum absolute atomic E-state index is 0.387. The molecule has 0 saturated carbocycles. The molecule has 2 aromatic heterocycles. The van der Waals surface area contributed by atoms with E-state index in [9.17, 15) is 8.78 Å². The molecule has 0 aliphatic rings. The Balaban J connectivity index is 2.27. The predicted molar refractivity (Wildman–Crippen MR) is 58.8 cm³/mol. The van der Waals surface area contributed by atoms with E-state index < -0.39 is 11.6 Å². The second-order valence-electron chi connectivity index (χ2n) is 3.59. The molecule has 17 heavy (non-hydrogen) atoms. The highest BCUT2D eigenvalue weighted by Gasteiger charge is 2.07.